The molecule has 0 fully saturated rings. The van der Waals surface area contributed by atoms with E-state index in [2.05, 4.69) is 10.6 Å². The molecule has 0 bridgehead atoms. The largest absolute Gasteiger partial charge is 0.497 e. The number of urea groups is 1. The quantitative estimate of drug-likeness (QED) is 0.760. The third kappa shape index (κ3) is 5.17. The van der Waals surface area contributed by atoms with Crippen molar-refractivity contribution in [3.05, 3.63) is 23.8 Å². The summed E-state index contributed by atoms with van der Waals surface area (Å²) in [6.07, 6.45) is -1.14. The predicted octanol–water partition coefficient (Wildman–Crippen LogP) is 1.09. The Balaban J connectivity index is 2.75. The number of hydrogen-bond acceptors (Lipinski definition) is 6. The van der Waals surface area contributed by atoms with Crippen LogP contribution in [0.4, 0.5) is 4.79 Å². The molecule has 2 N–H and O–H groups in total. The smallest absolute Gasteiger partial charge is 0.342 e. The van der Waals surface area contributed by atoms with Crippen LogP contribution in [0.1, 0.15) is 24.2 Å². The molecule has 0 saturated carbocycles. The highest BCUT2D eigenvalue weighted by Crippen LogP contribution is 2.25. The van der Waals surface area contributed by atoms with Gasteiger partial charge in [-0.3, -0.25) is 10.1 Å². The molecule has 1 unspecified atom stereocenters. The van der Waals surface area contributed by atoms with E-state index in [0.717, 1.165) is 0 Å². The van der Waals surface area contributed by atoms with E-state index in [1.807, 2.05) is 0 Å². The van der Waals surface area contributed by atoms with Gasteiger partial charge in [0.1, 0.15) is 17.1 Å². The fraction of sp³-hybridized carbons (Fsp3) is 0.400. The molecule has 23 heavy (non-hydrogen) atoms. The molecule has 0 aromatic heterocycles. The van der Waals surface area contributed by atoms with Crippen LogP contribution in [0.3, 0.4) is 0 Å². The van der Waals surface area contributed by atoms with E-state index in [1.54, 1.807) is 13.0 Å². The average molecular weight is 324 g/mol. The van der Waals surface area contributed by atoms with Crippen molar-refractivity contribution in [3.8, 4) is 11.5 Å². The molecule has 0 saturated heterocycles. The molecule has 8 nitrogen and oxygen atoms in total. The van der Waals surface area contributed by atoms with Crippen LogP contribution in [0.5, 0.6) is 11.5 Å². The van der Waals surface area contributed by atoms with Crippen LogP contribution in [0.2, 0.25) is 0 Å². The standard InChI is InChI=1S/C15H20N2O6/c1-5-16-15(20)17-13(18)9(2)23-14(19)11-7-6-10(21-3)8-12(11)22-4/h6-9H,5H2,1-4H3,(H2,16,17,18,20). The summed E-state index contributed by atoms with van der Waals surface area (Å²) in [4.78, 5) is 35.1. The molecular formula is C15H20N2O6. The minimum absolute atomic E-state index is 0.144. The van der Waals surface area contributed by atoms with Crippen LogP contribution in [-0.4, -0.2) is 44.8 Å². The highest BCUT2D eigenvalue weighted by Gasteiger charge is 2.22. The van der Waals surface area contributed by atoms with Crippen LogP contribution in [0.25, 0.3) is 0 Å². The minimum atomic E-state index is -1.14. The molecule has 0 aliphatic carbocycles. The molecule has 3 amide bonds. The second kappa shape index (κ2) is 8.62. The number of benzene rings is 1. The van der Waals surface area contributed by atoms with Gasteiger partial charge in [0.2, 0.25) is 0 Å². The van der Waals surface area contributed by atoms with Gasteiger partial charge in [-0.1, -0.05) is 0 Å². The highest BCUT2D eigenvalue weighted by atomic mass is 16.5. The molecule has 8 heteroatoms. The van der Waals surface area contributed by atoms with Gasteiger partial charge in [0, 0.05) is 12.6 Å². The summed E-state index contributed by atoms with van der Waals surface area (Å²) < 4.78 is 15.2. The van der Waals surface area contributed by atoms with Gasteiger partial charge >= 0.3 is 12.0 Å². The average Bonchev–Trinajstić information content (AvgIpc) is 2.53. The molecule has 126 valence electrons. The van der Waals surface area contributed by atoms with Crippen LogP contribution in [0.15, 0.2) is 18.2 Å². The maximum atomic E-state index is 12.1. The first kappa shape index (κ1) is 18.3. The van der Waals surface area contributed by atoms with Gasteiger partial charge in [-0.2, -0.15) is 0 Å². The zero-order valence-corrected chi connectivity index (χ0v) is 13.5. The fourth-order valence-corrected chi connectivity index (χ4v) is 1.66. The first-order chi connectivity index (χ1) is 10.9. The third-order valence-corrected chi connectivity index (χ3v) is 2.86. The van der Waals surface area contributed by atoms with E-state index in [9.17, 15) is 14.4 Å². The van der Waals surface area contributed by atoms with Crippen LogP contribution in [-0.2, 0) is 9.53 Å². The van der Waals surface area contributed by atoms with Crippen molar-refractivity contribution in [2.24, 2.45) is 0 Å². The van der Waals surface area contributed by atoms with Crippen molar-refractivity contribution < 1.29 is 28.6 Å². The van der Waals surface area contributed by atoms with Crippen LogP contribution in [0, 0.1) is 0 Å². The van der Waals surface area contributed by atoms with E-state index in [4.69, 9.17) is 14.2 Å². The molecule has 0 aliphatic heterocycles. The number of nitrogens with one attached hydrogen (secondary N) is 2. The third-order valence-electron chi connectivity index (χ3n) is 2.86. The Bertz CT molecular complexity index is 587. The number of ether oxygens (including phenoxy) is 3. The van der Waals surface area contributed by atoms with E-state index in [0.29, 0.717) is 12.3 Å². The van der Waals surface area contributed by atoms with Gasteiger partial charge in [0.25, 0.3) is 5.91 Å². The number of methoxy groups -OCH3 is 2. The zero-order chi connectivity index (χ0) is 17.4. The zero-order valence-electron chi connectivity index (χ0n) is 13.5. The summed E-state index contributed by atoms with van der Waals surface area (Å²) >= 11 is 0. The Morgan fingerprint density at radius 2 is 1.87 bits per heavy atom. The maximum Gasteiger partial charge on any atom is 0.342 e. The molecule has 1 rings (SSSR count). The van der Waals surface area contributed by atoms with E-state index < -0.39 is 24.0 Å². The summed E-state index contributed by atoms with van der Waals surface area (Å²) in [6.45, 7) is 3.45. The molecule has 0 heterocycles. The molecule has 1 atom stereocenters. The SMILES string of the molecule is CCNC(=O)NC(=O)C(C)OC(=O)c1ccc(OC)cc1OC. The maximum absolute atomic E-state index is 12.1. The van der Waals surface area contributed by atoms with Crippen molar-refractivity contribution in [1.29, 1.82) is 0 Å². The number of amides is 3. The van der Waals surface area contributed by atoms with Gasteiger partial charge in [-0.05, 0) is 26.0 Å². The fourth-order valence-electron chi connectivity index (χ4n) is 1.66. The number of hydrogen-bond donors (Lipinski definition) is 2. The van der Waals surface area contributed by atoms with Crippen molar-refractivity contribution >= 4 is 17.9 Å². The van der Waals surface area contributed by atoms with Gasteiger partial charge in [0.15, 0.2) is 6.10 Å². The Morgan fingerprint density at radius 3 is 2.43 bits per heavy atom. The van der Waals surface area contributed by atoms with Crippen molar-refractivity contribution in [3.63, 3.8) is 0 Å². The lowest BCUT2D eigenvalue weighted by molar-refractivity contribution is -0.127. The summed E-state index contributed by atoms with van der Waals surface area (Å²) in [7, 11) is 2.89. The molecular weight excluding hydrogens is 304 g/mol. The van der Waals surface area contributed by atoms with Gasteiger partial charge in [-0.15, -0.1) is 0 Å². The first-order valence-electron chi connectivity index (χ1n) is 6.94. The van der Waals surface area contributed by atoms with Crippen molar-refractivity contribution in [2.75, 3.05) is 20.8 Å². The molecule has 1 aromatic rings. The highest BCUT2D eigenvalue weighted by molar-refractivity contribution is 5.99. The molecule has 1 aromatic carbocycles. The lowest BCUT2D eigenvalue weighted by Gasteiger charge is -2.14. The monoisotopic (exact) mass is 324 g/mol. The second-order valence-corrected chi connectivity index (χ2v) is 4.46. The minimum Gasteiger partial charge on any atom is -0.497 e. The van der Waals surface area contributed by atoms with E-state index in [-0.39, 0.29) is 11.3 Å². The Kier molecular flexibility index (Phi) is 6.85. The number of imide groups is 1. The van der Waals surface area contributed by atoms with Crippen LogP contribution >= 0.6 is 0 Å². The number of rotatable bonds is 6. The summed E-state index contributed by atoms with van der Waals surface area (Å²) in [5, 5.41) is 4.47. The van der Waals surface area contributed by atoms with Gasteiger partial charge < -0.3 is 19.5 Å². The van der Waals surface area contributed by atoms with Crippen molar-refractivity contribution in [1.82, 2.24) is 10.6 Å². The van der Waals surface area contributed by atoms with Crippen LogP contribution < -0.4 is 20.1 Å². The number of carbonyl (C=O) groups is 3. The number of carbonyl (C=O) groups excluding carboxylic acids is 3. The topological polar surface area (TPSA) is 103 Å². The lowest BCUT2D eigenvalue weighted by Crippen LogP contribution is -2.44. The number of esters is 1. The normalized spacial score (nSPS) is 11.1. The summed E-state index contributed by atoms with van der Waals surface area (Å²) in [5.41, 5.74) is 0.144. The molecule has 0 radical (unpaired) electrons. The lowest BCUT2D eigenvalue weighted by atomic mass is 10.2. The molecule has 0 spiro atoms. The van der Waals surface area contributed by atoms with E-state index in [1.165, 1.54) is 33.3 Å². The summed E-state index contributed by atoms with van der Waals surface area (Å²) in [5.74, 6) is -0.703. The molecule has 0 aliphatic rings. The Morgan fingerprint density at radius 1 is 1.17 bits per heavy atom. The van der Waals surface area contributed by atoms with Crippen molar-refractivity contribution in [2.45, 2.75) is 20.0 Å². The van der Waals surface area contributed by atoms with Gasteiger partial charge in [-0.25, -0.2) is 9.59 Å². The first-order valence-corrected chi connectivity index (χ1v) is 6.94. The van der Waals surface area contributed by atoms with E-state index >= 15 is 0 Å². The Hall–Kier alpha value is -2.77. The summed E-state index contributed by atoms with van der Waals surface area (Å²) in [6, 6.07) is 3.91. The second-order valence-electron chi connectivity index (χ2n) is 4.46. The van der Waals surface area contributed by atoms with Gasteiger partial charge in [0.05, 0.1) is 14.2 Å². The predicted molar refractivity (Wildman–Crippen MR) is 81.6 cm³/mol. The Labute approximate surface area is 134 Å².